The van der Waals surface area contributed by atoms with Crippen molar-refractivity contribution >= 4 is 22.9 Å². The summed E-state index contributed by atoms with van der Waals surface area (Å²) in [5.74, 6) is 6.62. The van der Waals surface area contributed by atoms with Gasteiger partial charge in [0.05, 0.1) is 11.1 Å². The molecule has 0 fully saturated rings. The third kappa shape index (κ3) is 2.69. The number of aryl methyl sites for hydroxylation is 1. The highest BCUT2D eigenvalue weighted by Crippen LogP contribution is 2.30. The molecule has 0 amide bonds. The van der Waals surface area contributed by atoms with Gasteiger partial charge < -0.3 is 4.57 Å². The van der Waals surface area contributed by atoms with E-state index in [0.717, 1.165) is 28.7 Å². The molecule has 0 aliphatic carbocycles. The molecule has 0 aliphatic rings. The largest absolute Gasteiger partial charge is 0.335 e. The van der Waals surface area contributed by atoms with E-state index >= 15 is 0 Å². The highest BCUT2D eigenvalue weighted by Gasteiger charge is 2.17. The summed E-state index contributed by atoms with van der Waals surface area (Å²) in [4.78, 5) is 5.40. The molecule has 6 heteroatoms. The predicted octanol–water partition coefficient (Wildman–Crippen LogP) is 2.37. The van der Waals surface area contributed by atoms with Crippen molar-refractivity contribution in [2.24, 2.45) is 5.84 Å². The van der Waals surface area contributed by atoms with E-state index in [4.69, 9.17) is 17.4 Å². The van der Waals surface area contributed by atoms with Gasteiger partial charge in [-0.1, -0.05) is 11.6 Å². The smallest absolute Gasteiger partial charge is 0.110 e. The summed E-state index contributed by atoms with van der Waals surface area (Å²) in [6.45, 7) is 3.00. The summed E-state index contributed by atoms with van der Waals surface area (Å²) in [6, 6.07) is 1.90. The standard InChI is InChI=1S/C11H15ClN4S/c1-2-16-5-4-14-10(16)7-9(15-13)11-8(12)3-6-17-11/h3-6,9,15H,2,7,13H2,1H3. The lowest BCUT2D eigenvalue weighted by Crippen LogP contribution is -2.30. The number of nitrogens with two attached hydrogens (primary N) is 1. The van der Waals surface area contributed by atoms with E-state index in [9.17, 15) is 0 Å². The third-order valence-corrected chi connectivity index (χ3v) is 4.16. The van der Waals surface area contributed by atoms with Crippen molar-refractivity contribution in [3.63, 3.8) is 0 Å². The Balaban J connectivity index is 2.19. The highest BCUT2D eigenvalue weighted by atomic mass is 35.5. The molecule has 1 unspecified atom stereocenters. The number of nitrogens with zero attached hydrogens (tertiary/aromatic N) is 2. The first kappa shape index (κ1) is 12.6. The number of aromatic nitrogens is 2. The molecule has 2 aromatic heterocycles. The first-order chi connectivity index (χ1) is 8.26. The average molecular weight is 271 g/mol. The van der Waals surface area contributed by atoms with Gasteiger partial charge >= 0.3 is 0 Å². The molecule has 0 saturated heterocycles. The summed E-state index contributed by atoms with van der Waals surface area (Å²) in [5.41, 5.74) is 2.81. The van der Waals surface area contributed by atoms with Crippen LogP contribution in [-0.4, -0.2) is 9.55 Å². The van der Waals surface area contributed by atoms with Crippen molar-refractivity contribution in [1.82, 2.24) is 15.0 Å². The summed E-state index contributed by atoms with van der Waals surface area (Å²) >= 11 is 7.72. The molecule has 0 radical (unpaired) electrons. The van der Waals surface area contributed by atoms with Gasteiger partial charge in [-0.05, 0) is 18.4 Å². The molecule has 0 saturated carbocycles. The Bertz CT molecular complexity index is 479. The lowest BCUT2D eigenvalue weighted by Gasteiger charge is -2.15. The van der Waals surface area contributed by atoms with Gasteiger partial charge in [-0.2, -0.15) is 0 Å². The monoisotopic (exact) mass is 270 g/mol. The molecule has 0 spiro atoms. The van der Waals surface area contributed by atoms with Crippen LogP contribution in [0.15, 0.2) is 23.8 Å². The molecule has 2 heterocycles. The van der Waals surface area contributed by atoms with Crippen LogP contribution in [0.1, 0.15) is 23.7 Å². The van der Waals surface area contributed by atoms with E-state index in [2.05, 4.69) is 21.9 Å². The van der Waals surface area contributed by atoms with E-state index in [1.54, 1.807) is 11.3 Å². The molecule has 92 valence electrons. The van der Waals surface area contributed by atoms with Crippen molar-refractivity contribution in [1.29, 1.82) is 0 Å². The molecule has 2 aromatic rings. The molecule has 4 nitrogen and oxygen atoms in total. The third-order valence-electron chi connectivity index (χ3n) is 2.69. The van der Waals surface area contributed by atoms with Crippen LogP contribution in [0.25, 0.3) is 0 Å². The van der Waals surface area contributed by atoms with E-state index in [-0.39, 0.29) is 6.04 Å². The normalized spacial score (nSPS) is 12.9. The number of hydrogen-bond donors (Lipinski definition) is 2. The molecule has 17 heavy (non-hydrogen) atoms. The van der Waals surface area contributed by atoms with Crippen molar-refractivity contribution in [2.45, 2.75) is 25.9 Å². The number of nitrogens with one attached hydrogen (secondary N) is 1. The number of hydrogen-bond acceptors (Lipinski definition) is 4. The number of hydrazine groups is 1. The molecule has 0 bridgehead atoms. The fourth-order valence-electron chi connectivity index (χ4n) is 1.78. The molecule has 0 aliphatic heterocycles. The Morgan fingerprint density at radius 2 is 2.47 bits per heavy atom. The van der Waals surface area contributed by atoms with Crippen LogP contribution in [-0.2, 0) is 13.0 Å². The predicted molar refractivity (Wildman–Crippen MR) is 71.0 cm³/mol. The van der Waals surface area contributed by atoms with E-state index < -0.39 is 0 Å². The van der Waals surface area contributed by atoms with Gasteiger partial charge in [0.1, 0.15) is 5.82 Å². The highest BCUT2D eigenvalue weighted by molar-refractivity contribution is 7.10. The maximum Gasteiger partial charge on any atom is 0.110 e. The maximum atomic E-state index is 6.11. The second kappa shape index (κ2) is 5.64. The zero-order chi connectivity index (χ0) is 12.3. The van der Waals surface area contributed by atoms with Gasteiger partial charge in [0.15, 0.2) is 0 Å². The number of halogens is 1. The van der Waals surface area contributed by atoms with E-state index in [0.29, 0.717) is 0 Å². The molecular formula is C11H15ClN4S. The second-order valence-electron chi connectivity index (χ2n) is 3.69. The minimum atomic E-state index is 0.00944. The van der Waals surface area contributed by atoms with Gasteiger partial charge in [-0.15, -0.1) is 11.3 Å². The zero-order valence-electron chi connectivity index (χ0n) is 9.56. The van der Waals surface area contributed by atoms with Crippen LogP contribution in [0.5, 0.6) is 0 Å². The minimum absolute atomic E-state index is 0.00944. The average Bonchev–Trinajstić information content (AvgIpc) is 2.94. The quantitative estimate of drug-likeness (QED) is 0.648. The second-order valence-corrected chi connectivity index (χ2v) is 5.04. The van der Waals surface area contributed by atoms with Gasteiger partial charge in [-0.3, -0.25) is 11.3 Å². The number of imidazole rings is 1. The van der Waals surface area contributed by atoms with Crippen LogP contribution in [0.3, 0.4) is 0 Å². The summed E-state index contributed by atoms with van der Waals surface area (Å²) in [5, 5.41) is 2.72. The maximum absolute atomic E-state index is 6.11. The van der Waals surface area contributed by atoms with Gasteiger partial charge in [0, 0.05) is 30.2 Å². The van der Waals surface area contributed by atoms with Crippen LogP contribution >= 0.6 is 22.9 Å². The topological polar surface area (TPSA) is 55.9 Å². The number of rotatable bonds is 5. The minimum Gasteiger partial charge on any atom is -0.335 e. The van der Waals surface area contributed by atoms with Crippen LogP contribution in [0.2, 0.25) is 5.02 Å². The van der Waals surface area contributed by atoms with Gasteiger partial charge in [0.2, 0.25) is 0 Å². The zero-order valence-corrected chi connectivity index (χ0v) is 11.1. The van der Waals surface area contributed by atoms with Gasteiger partial charge in [0.25, 0.3) is 0 Å². The van der Waals surface area contributed by atoms with Crippen molar-refractivity contribution in [3.05, 3.63) is 39.6 Å². The van der Waals surface area contributed by atoms with Crippen LogP contribution in [0.4, 0.5) is 0 Å². The Kier molecular flexibility index (Phi) is 4.17. The molecule has 0 aromatic carbocycles. The summed E-state index contributed by atoms with van der Waals surface area (Å²) in [7, 11) is 0. The van der Waals surface area contributed by atoms with Crippen molar-refractivity contribution in [3.8, 4) is 0 Å². The summed E-state index contributed by atoms with van der Waals surface area (Å²) < 4.78 is 2.10. The fourth-order valence-corrected chi connectivity index (χ4v) is 3.03. The first-order valence-electron chi connectivity index (χ1n) is 5.45. The fraction of sp³-hybridized carbons (Fsp3) is 0.364. The summed E-state index contributed by atoms with van der Waals surface area (Å²) in [6.07, 6.45) is 4.51. The first-order valence-corrected chi connectivity index (χ1v) is 6.71. The van der Waals surface area contributed by atoms with Crippen molar-refractivity contribution in [2.75, 3.05) is 0 Å². The lowest BCUT2D eigenvalue weighted by atomic mass is 10.1. The number of thiophene rings is 1. The lowest BCUT2D eigenvalue weighted by molar-refractivity contribution is 0.530. The Hall–Kier alpha value is -0.880. The van der Waals surface area contributed by atoms with Gasteiger partial charge in [-0.25, -0.2) is 4.98 Å². The van der Waals surface area contributed by atoms with E-state index in [1.807, 2.05) is 23.8 Å². The van der Waals surface area contributed by atoms with Crippen LogP contribution < -0.4 is 11.3 Å². The molecule has 1 atom stereocenters. The Morgan fingerprint density at radius 3 is 3.06 bits per heavy atom. The molecular weight excluding hydrogens is 256 g/mol. The SMILES string of the molecule is CCn1ccnc1CC(NN)c1sccc1Cl. The Labute approximate surface area is 109 Å². The van der Waals surface area contributed by atoms with Crippen molar-refractivity contribution < 1.29 is 0 Å². The Morgan fingerprint density at radius 1 is 1.65 bits per heavy atom. The molecule has 2 rings (SSSR count). The van der Waals surface area contributed by atoms with Crippen LogP contribution in [0, 0.1) is 0 Å². The molecule has 3 N–H and O–H groups in total. The van der Waals surface area contributed by atoms with E-state index in [1.165, 1.54) is 0 Å².